The summed E-state index contributed by atoms with van der Waals surface area (Å²) >= 11 is 0. The number of amides is 1. The Hall–Kier alpha value is -2.32. The van der Waals surface area contributed by atoms with Crippen molar-refractivity contribution in [2.45, 2.75) is 26.6 Å². The van der Waals surface area contributed by atoms with Gasteiger partial charge in [0.1, 0.15) is 5.82 Å². The molecule has 1 aliphatic heterocycles. The number of aliphatic hydroxyl groups is 1. The first-order chi connectivity index (χ1) is 14.9. The molecule has 1 saturated heterocycles. The fourth-order valence-corrected chi connectivity index (χ4v) is 3.79. The fourth-order valence-electron chi connectivity index (χ4n) is 3.79. The van der Waals surface area contributed by atoms with E-state index in [1.54, 1.807) is 18.2 Å². The lowest BCUT2D eigenvalue weighted by Gasteiger charge is -2.35. The van der Waals surface area contributed by atoms with Gasteiger partial charge in [-0.25, -0.2) is 4.39 Å². The van der Waals surface area contributed by atoms with Gasteiger partial charge in [-0.3, -0.25) is 14.6 Å². The summed E-state index contributed by atoms with van der Waals surface area (Å²) in [6, 6.07) is 12.5. The summed E-state index contributed by atoms with van der Waals surface area (Å²) in [5.74, 6) is -0.304. The van der Waals surface area contributed by atoms with E-state index in [4.69, 9.17) is 4.74 Å². The van der Waals surface area contributed by atoms with Crippen molar-refractivity contribution in [3.8, 4) is 0 Å². The third-order valence-corrected chi connectivity index (χ3v) is 5.57. The first-order valence-corrected chi connectivity index (χ1v) is 10.7. The van der Waals surface area contributed by atoms with Crippen molar-refractivity contribution in [2.24, 2.45) is 0 Å². The molecule has 2 N–H and O–H groups in total. The van der Waals surface area contributed by atoms with E-state index in [1.807, 2.05) is 32.0 Å². The Labute approximate surface area is 183 Å². The first-order valence-electron chi connectivity index (χ1n) is 10.7. The average Bonchev–Trinajstić information content (AvgIpc) is 2.74. The lowest BCUT2D eigenvalue weighted by atomic mass is 10.1. The normalized spacial score (nSPS) is 16.3. The van der Waals surface area contributed by atoms with E-state index in [-0.39, 0.29) is 24.9 Å². The maximum Gasteiger partial charge on any atom is 0.238 e. The average molecular weight is 430 g/mol. The Bertz CT molecular complexity index is 849. The van der Waals surface area contributed by atoms with Crippen LogP contribution in [0.4, 0.5) is 10.1 Å². The van der Waals surface area contributed by atoms with E-state index in [2.05, 4.69) is 15.1 Å². The number of hydrogen-bond donors (Lipinski definition) is 2. The number of benzene rings is 2. The molecule has 0 aliphatic carbocycles. The smallest absolute Gasteiger partial charge is 0.238 e. The highest BCUT2D eigenvalue weighted by Gasteiger charge is 2.21. The molecule has 1 heterocycles. The number of anilines is 1. The van der Waals surface area contributed by atoms with Crippen molar-refractivity contribution in [2.75, 3.05) is 51.2 Å². The molecule has 31 heavy (non-hydrogen) atoms. The third kappa shape index (κ3) is 7.11. The van der Waals surface area contributed by atoms with Gasteiger partial charge in [0.25, 0.3) is 0 Å². The van der Waals surface area contributed by atoms with Crippen LogP contribution in [0.3, 0.4) is 0 Å². The van der Waals surface area contributed by atoms with Crippen molar-refractivity contribution in [3.05, 3.63) is 65.0 Å². The number of rotatable bonds is 9. The molecule has 1 aliphatic rings. The largest absolute Gasteiger partial charge is 0.389 e. The van der Waals surface area contributed by atoms with Gasteiger partial charge in [-0.2, -0.15) is 0 Å². The number of halogens is 1. The number of aliphatic hydroxyl groups excluding tert-OH is 1. The van der Waals surface area contributed by atoms with Crippen LogP contribution in [0.2, 0.25) is 0 Å². The van der Waals surface area contributed by atoms with E-state index in [1.165, 1.54) is 6.07 Å². The molecule has 1 unspecified atom stereocenters. The second-order valence-electron chi connectivity index (χ2n) is 8.15. The Morgan fingerprint density at radius 2 is 1.71 bits per heavy atom. The van der Waals surface area contributed by atoms with Crippen LogP contribution in [0.1, 0.15) is 16.7 Å². The molecule has 0 bridgehead atoms. The molecule has 1 amide bonds. The number of hydrogen-bond acceptors (Lipinski definition) is 5. The predicted molar refractivity (Wildman–Crippen MR) is 119 cm³/mol. The first kappa shape index (κ1) is 23.3. The van der Waals surface area contributed by atoms with Crippen LogP contribution >= 0.6 is 0 Å². The molecule has 0 saturated carbocycles. The van der Waals surface area contributed by atoms with Gasteiger partial charge in [-0.05, 0) is 31.0 Å². The van der Waals surface area contributed by atoms with Crippen LogP contribution in [0, 0.1) is 19.7 Å². The van der Waals surface area contributed by atoms with Crippen molar-refractivity contribution >= 4 is 11.6 Å². The maximum atomic E-state index is 13.6. The standard InChI is InChI=1S/C24H32FN3O3/c1-18-6-5-7-19(2)24(18)26-23(30)15-28-12-10-27(11-13-28)14-21(29)17-31-16-20-8-3-4-9-22(20)25/h3-9,21,29H,10-17H2,1-2H3,(H,26,30). The molecular formula is C24H32FN3O3. The van der Waals surface area contributed by atoms with Crippen LogP contribution in [0.25, 0.3) is 0 Å². The van der Waals surface area contributed by atoms with Gasteiger partial charge in [0.05, 0.1) is 25.9 Å². The summed E-state index contributed by atoms with van der Waals surface area (Å²) in [4.78, 5) is 16.7. The van der Waals surface area contributed by atoms with Gasteiger partial charge in [-0.1, -0.05) is 36.4 Å². The number of β-amino-alcohol motifs (C(OH)–C–C–N with tert-alkyl or cyclic N) is 1. The van der Waals surface area contributed by atoms with E-state index >= 15 is 0 Å². The van der Waals surface area contributed by atoms with Crippen LogP contribution in [-0.4, -0.2) is 72.8 Å². The number of para-hydroxylation sites is 1. The topological polar surface area (TPSA) is 65.0 Å². The van der Waals surface area contributed by atoms with Gasteiger partial charge >= 0.3 is 0 Å². The maximum absolute atomic E-state index is 13.6. The molecule has 6 nitrogen and oxygen atoms in total. The molecule has 0 aromatic heterocycles. The Morgan fingerprint density at radius 3 is 2.39 bits per heavy atom. The predicted octanol–water partition coefficient (Wildman–Crippen LogP) is 2.58. The summed E-state index contributed by atoms with van der Waals surface area (Å²) in [5.41, 5.74) is 3.50. The van der Waals surface area contributed by atoms with E-state index < -0.39 is 6.10 Å². The molecule has 0 spiro atoms. The van der Waals surface area contributed by atoms with Crippen molar-refractivity contribution in [3.63, 3.8) is 0 Å². The van der Waals surface area contributed by atoms with E-state index in [0.29, 0.717) is 18.7 Å². The van der Waals surface area contributed by atoms with Gasteiger partial charge < -0.3 is 15.2 Å². The minimum Gasteiger partial charge on any atom is -0.389 e. The summed E-state index contributed by atoms with van der Waals surface area (Å²) in [6.45, 7) is 8.24. The van der Waals surface area contributed by atoms with Crippen LogP contribution < -0.4 is 5.32 Å². The molecule has 1 fully saturated rings. The number of nitrogens with zero attached hydrogens (tertiary/aromatic N) is 2. The van der Waals surface area contributed by atoms with Gasteiger partial charge in [0.2, 0.25) is 5.91 Å². The highest BCUT2D eigenvalue weighted by atomic mass is 19.1. The van der Waals surface area contributed by atoms with Crippen LogP contribution in [-0.2, 0) is 16.1 Å². The number of carbonyl (C=O) groups is 1. The quantitative estimate of drug-likeness (QED) is 0.642. The van der Waals surface area contributed by atoms with Gasteiger partial charge in [0, 0.05) is 44.0 Å². The molecule has 2 aromatic carbocycles. The number of carbonyl (C=O) groups excluding carboxylic acids is 1. The van der Waals surface area contributed by atoms with E-state index in [9.17, 15) is 14.3 Å². The summed E-state index contributed by atoms with van der Waals surface area (Å²) in [5, 5.41) is 13.3. The number of aryl methyl sites for hydroxylation is 2. The second kappa shape index (κ2) is 11.3. The summed E-state index contributed by atoms with van der Waals surface area (Å²) in [6.07, 6.45) is -0.634. The van der Waals surface area contributed by atoms with Crippen LogP contribution in [0.5, 0.6) is 0 Å². The molecule has 1 atom stereocenters. The van der Waals surface area contributed by atoms with Crippen molar-refractivity contribution in [1.29, 1.82) is 0 Å². The van der Waals surface area contributed by atoms with Crippen molar-refractivity contribution in [1.82, 2.24) is 9.80 Å². The SMILES string of the molecule is Cc1cccc(C)c1NC(=O)CN1CCN(CC(O)COCc2ccccc2F)CC1. The highest BCUT2D eigenvalue weighted by molar-refractivity contribution is 5.93. The zero-order valence-corrected chi connectivity index (χ0v) is 18.3. The zero-order valence-electron chi connectivity index (χ0n) is 18.3. The minimum atomic E-state index is -0.634. The lowest BCUT2D eigenvalue weighted by Crippen LogP contribution is -2.50. The molecular weight excluding hydrogens is 397 g/mol. The van der Waals surface area contributed by atoms with Crippen LogP contribution in [0.15, 0.2) is 42.5 Å². The molecule has 168 valence electrons. The van der Waals surface area contributed by atoms with E-state index in [0.717, 1.165) is 43.0 Å². The number of ether oxygens (including phenoxy) is 1. The van der Waals surface area contributed by atoms with Crippen molar-refractivity contribution < 1.29 is 19.0 Å². The number of piperazine rings is 1. The molecule has 0 radical (unpaired) electrons. The Balaban J connectivity index is 1.34. The monoisotopic (exact) mass is 429 g/mol. The second-order valence-corrected chi connectivity index (χ2v) is 8.15. The summed E-state index contributed by atoms with van der Waals surface area (Å²) in [7, 11) is 0. The Kier molecular flexibility index (Phi) is 8.54. The Morgan fingerprint density at radius 1 is 1.06 bits per heavy atom. The lowest BCUT2D eigenvalue weighted by molar-refractivity contribution is -0.117. The van der Waals surface area contributed by atoms with Gasteiger partial charge in [0.15, 0.2) is 0 Å². The highest BCUT2D eigenvalue weighted by Crippen LogP contribution is 2.19. The number of nitrogens with one attached hydrogen (secondary N) is 1. The minimum absolute atomic E-state index is 0.00701. The zero-order chi connectivity index (χ0) is 22.2. The molecule has 7 heteroatoms. The fraction of sp³-hybridized carbons (Fsp3) is 0.458. The third-order valence-electron chi connectivity index (χ3n) is 5.57. The molecule has 3 rings (SSSR count). The summed E-state index contributed by atoms with van der Waals surface area (Å²) < 4.78 is 19.1. The van der Waals surface area contributed by atoms with Gasteiger partial charge in [-0.15, -0.1) is 0 Å². The molecule has 2 aromatic rings.